The van der Waals surface area contributed by atoms with E-state index in [1.165, 1.54) is 0 Å². The minimum atomic E-state index is 0.490. The van der Waals surface area contributed by atoms with Crippen molar-refractivity contribution in [3.05, 3.63) is 27.7 Å². The Kier molecular flexibility index (Phi) is 5.38. The van der Waals surface area contributed by atoms with E-state index in [-0.39, 0.29) is 0 Å². The van der Waals surface area contributed by atoms with Crippen LogP contribution in [0.5, 0.6) is 0 Å². The number of benzene rings is 1. The first kappa shape index (κ1) is 16.1. The number of anilines is 1. The average molecular weight is 360 g/mol. The second-order valence-corrected chi connectivity index (χ2v) is 7.64. The fraction of sp³-hybridized carbons (Fsp3) is 0.625. The lowest BCUT2D eigenvalue weighted by Crippen LogP contribution is -2.60. The van der Waals surface area contributed by atoms with Crippen LogP contribution < -0.4 is 10.2 Å². The Bertz CT molecular complexity index is 462. The number of halogens is 2. The molecule has 0 aliphatic carbocycles. The van der Waals surface area contributed by atoms with Crippen LogP contribution in [0.25, 0.3) is 0 Å². The van der Waals surface area contributed by atoms with Gasteiger partial charge in [0.1, 0.15) is 0 Å². The zero-order valence-corrected chi connectivity index (χ0v) is 15.0. The van der Waals surface area contributed by atoms with Gasteiger partial charge in [0.25, 0.3) is 0 Å². The molecule has 0 aromatic heterocycles. The van der Waals surface area contributed by atoms with Crippen LogP contribution in [-0.2, 0) is 0 Å². The number of piperazine rings is 1. The second kappa shape index (κ2) is 6.67. The van der Waals surface area contributed by atoms with Gasteiger partial charge in [0.15, 0.2) is 0 Å². The molecule has 1 aromatic carbocycles. The van der Waals surface area contributed by atoms with E-state index in [4.69, 9.17) is 11.6 Å². The van der Waals surface area contributed by atoms with Crippen molar-refractivity contribution in [2.45, 2.75) is 39.8 Å². The Balaban J connectivity index is 2.31. The van der Waals surface area contributed by atoms with Crippen molar-refractivity contribution in [3.63, 3.8) is 0 Å². The van der Waals surface area contributed by atoms with Crippen molar-refractivity contribution in [2.75, 3.05) is 18.0 Å². The fourth-order valence-electron chi connectivity index (χ4n) is 2.83. The number of rotatable bonds is 3. The normalized spacial score (nSPS) is 23.7. The quantitative estimate of drug-likeness (QED) is 0.851. The third kappa shape index (κ3) is 3.49. The van der Waals surface area contributed by atoms with Crippen LogP contribution in [0.4, 0.5) is 5.69 Å². The molecule has 0 radical (unpaired) electrons. The summed E-state index contributed by atoms with van der Waals surface area (Å²) in [7, 11) is 0. The molecule has 112 valence electrons. The van der Waals surface area contributed by atoms with Gasteiger partial charge in [0.2, 0.25) is 0 Å². The summed E-state index contributed by atoms with van der Waals surface area (Å²) in [4.78, 5) is 2.49. The monoisotopic (exact) mass is 358 g/mol. The number of nitrogens with zero attached hydrogens (tertiary/aromatic N) is 1. The molecule has 2 unspecified atom stereocenters. The van der Waals surface area contributed by atoms with E-state index in [1.54, 1.807) is 0 Å². The lowest BCUT2D eigenvalue weighted by Gasteiger charge is -2.45. The van der Waals surface area contributed by atoms with Gasteiger partial charge in [-0.15, -0.1) is 0 Å². The first-order valence-electron chi connectivity index (χ1n) is 7.35. The van der Waals surface area contributed by atoms with Crippen LogP contribution >= 0.6 is 27.5 Å². The van der Waals surface area contributed by atoms with E-state index in [0.29, 0.717) is 23.9 Å². The van der Waals surface area contributed by atoms with Gasteiger partial charge in [-0.1, -0.05) is 55.2 Å². The molecule has 1 aromatic rings. The number of hydrogen-bond acceptors (Lipinski definition) is 2. The Morgan fingerprint density at radius 1 is 1.25 bits per heavy atom. The van der Waals surface area contributed by atoms with Crippen LogP contribution in [0.3, 0.4) is 0 Å². The first-order chi connectivity index (χ1) is 9.40. The lowest BCUT2D eigenvalue weighted by molar-refractivity contribution is 0.295. The predicted octanol–water partition coefficient (Wildman–Crippen LogP) is 4.56. The minimum absolute atomic E-state index is 0.490. The maximum absolute atomic E-state index is 6.47. The van der Waals surface area contributed by atoms with E-state index in [2.05, 4.69) is 66.0 Å². The molecule has 1 fully saturated rings. The van der Waals surface area contributed by atoms with Gasteiger partial charge in [-0.2, -0.15) is 0 Å². The molecule has 1 saturated heterocycles. The molecule has 1 aliphatic heterocycles. The molecule has 1 aliphatic rings. The molecule has 0 bridgehead atoms. The summed E-state index contributed by atoms with van der Waals surface area (Å²) >= 11 is 9.95. The SMILES string of the molecule is CC(C)C1CN(c2ccc(Br)cc2Cl)C(C(C)C)CN1. The smallest absolute Gasteiger partial charge is 0.0650 e. The van der Waals surface area contributed by atoms with Gasteiger partial charge in [-0.3, -0.25) is 0 Å². The molecule has 0 spiro atoms. The minimum Gasteiger partial charge on any atom is -0.364 e. The molecule has 2 rings (SSSR count). The van der Waals surface area contributed by atoms with Gasteiger partial charge in [-0.25, -0.2) is 0 Å². The molecule has 2 atom stereocenters. The van der Waals surface area contributed by atoms with Crippen molar-refractivity contribution >= 4 is 33.2 Å². The Morgan fingerprint density at radius 2 is 1.95 bits per heavy atom. The highest BCUT2D eigenvalue weighted by atomic mass is 79.9. The van der Waals surface area contributed by atoms with E-state index in [9.17, 15) is 0 Å². The largest absolute Gasteiger partial charge is 0.364 e. The molecule has 4 heteroatoms. The number of nitrogens with one attached hydrogen (secondary N) is 1. The van der Waals surface area contributed by atoms with Crippen molar-refractivity contribution in [1.29, 1.82) is 0 Å². The van der Waals surface area contributed by atoms with Crippen LogP contribution in [0.15, 0.2) is 22.7 Å². The summed E-state index contributed by atoms with van der Waals surface area (Å²) in [5.41, 5.74) is 1.15. The molecule has 0 amide bonds. The van der Waals surface area contributed by atoms with Crippen LogP contribution in [0.2, 0.25) is 5.02 Å². The first-order valence-corrected chi connectivity index (χ1v) is 8.52. The van der Waals surface area contributed by atoms with Gasteiger partial charge < -0.3 is 10.2 Å². The summed E-state index contributed by atoms with van der Waals surface area (Å²) in [5, 5.41) is 4.51. The maximum Gasteiger partial charge on any atom is 0.0650 e. The molecule has 1 N–H and O–H groups in total. The summed E-state index contributed by atoms with van der Waals surface area (Å²) in [5.74, 6) is 1.22. The Hall–Kier alpha value is -0.250. The van der Waals surface area contributed by atoms with E-state index >= 15 is 0 Å². The molecule has 0 saturated carbocycles. The van der Waals surface area contributed by atoms with Gasteiger partial charge in [-0.05, 0) is 30.0 Å². The summed E-state index contributed by atoms with van der Waals surface area (Å²) in [6, 6.07) is 7.20. The van der Waals surface area contributed by atoms with Gasteiger partial charge in [0, 0.05) is 29.6 Å². The summed E-state index contributed by atoms with van der Waals surface area (Å²) < 4.78 is 1.03. The predicted molar refractivity (Wildman–Crippen MR) is 91.8 cm³/mol. The maximum atomic E-state index is 6.47. The van der Waals surface area contributed by atoms with Crippen molar-refractivity contribution in [1.82, 2.24) is 5.32 Å². The van der Waals surface area contributed by atoms with E-state index < -0.39 is 0 Å². The summed E-state index contributed by atoms with van der Waals surface area (Å²) in [6.07, 6.45) is 0. The summed E-state index contributed by atoms with van der Waals surface area (Å²) in [6.45, 7) is 11.1. The molecular formula is C16H24BrClN2. The second-order valence-electron chi connectivity index (χ2n) is 6.32. The van der Waals surface area contributed by atoms with Crippen LogP contribution in [0.1, 0.15) is 27.7 Å². The Labute approximate surface area is 136 Å². The molecule has 1 heterocycles. The van der Waals surface area contributed by atoms with Gasteiger partial charge in [0.05, 0.1) is 10.7 Å². The highest BCUT2D eigenvalue weighted by molar-refractivity contribution is 9.10. The van der Waals surface area contributed by atoms with Crippen LogP contribution in [0, 0.1) is 11.8 Å². The standard InChI is InChI=1S/C16H24BrClN2/c1-10(2)14-9-20(16(8-19-14)11(3)4)15-6-5-12(17)7-13(15)18/h5-7,10-11,14,16,19H,8-9H2,1-4H3. The van der Waals surface area contributed by atoms with Crippen molar-refractivity contribution in [3.8, 4) is 0 Å². The van der Waals surface area contributed by atoms with E-state index in [0.717, 1.165) is 28.3 Å². The van der Waals surface area contributed by atoms with Crippen LogP contribution in [-0.4, -0.2) is 25.2 Å². The third-order valence-corrected chi connectivity index (χ3v) is 4.97. The zero-order valence-electron chi connectivity index (χ0n) is 12.7. The molecular weight excluding hydrogens is 336 g/mol. The lowest BCUT2D eigenvalue weighted by atomic mass is 9.93. The average Bonchev–Trinajstić information content (AvgIpc) is 2.37. The number of hydrogen-bond donors (Lipinski definition) is 1. The third-order valence-electron chi connectivity index (χ3n) is 4.18. The van der Waals surface area contributed by atoms with Crippen molar-refractivity contribution in [2.24, 2.45) is 11.8 Å². The highest BCUT2D eigenvalue weighted by Crippen LogP contribution is 2.33. The van der Waals surface area contributed by atoms with Gasteiger partial charge >= 0.3 is 0 Å². The molecule has 2 nitrogen and oxygen atoms in total. The zero-order chi connectivity index (χ0) is 14.9. The highest BCUT2D eigenvalue weighted by Gasteiger charge is 2.32. The Morgan fingerprint density at radius 3 is 2.50 bits per heavy atom. The van der Waals surface area contributed by atoms with Crippen molar-refractivity contribution < 1.29 is 0 Å². The fourth-order valence-corrected chi connectivity index (χ4v) is 3.61. The topological polar surface area (TPSA) is 15.3 Å². The molecule has 20 heavy (non-hydrogen) atoms. The van der Waals surface area contributed by atoms with E-state index in [1.807, 2.05) is 6.07 Å².